The highest BCUT2D eigenvalue weighted by atomic mass is 32.1. The Morgan fingerprint density at radius 2 is 2.36 bits per heavy atom. The lowest BCUT2D eigenvalue weighted by Gasteiger charge is -2.32. The zero-order chi connectivity index (χ0) is 15.9. The first-order chi connectivity index (χ1) is 10.6. The van der Waals surface area contributed by atoms with Crippen LogP contribution in [-0.2, 0) is 17.6 Å². The summed E-state index contributed by atoms with van der Waals surface area (Å²) in [4.78, 5) is 30.6. The largest absolute Gasteiger partial charge is 0.370 e. The van der Waals surface area contributed by atoms with Gasteiger partial charge in [0.05, 0.1) is 5.01 Å². The summed E-state index contributed by atoms with van der Waals surface area (Å²) in [7, 11) is 0. The fourth-order valence-corrected chi connectivity index (χ4v) is 3.58. The molecule has 0 unspecified atom stereocenters. The average molecular weight is 324 g/mol. The lowest BCUT2D eigenvalue weighted by Crippen LogP contribution is -2.46. The number of primary amides is 1. The van der Waals surface area contributed by atoms with Gasteiger partial charge in [0.15, 0.2) is 0 Å². The van der Waals surface area contributed by atoms with Crippen LogP contribution < -0.4 is 11.1 Å². The van der Waals surface area contributed by atoms with Crippen LogP contribution in [0.15, 0.2) is 6.20 Å². The molecule has 0 aliphatic carbocycles. The molecule has 0 radical (unpaired) electrons. The van der Waals surface area contributed by atoms with E-state index in [1.54, 1.807) is 16.2 Å². The molecule has 1 fully saturated rings. The van der Waals surface area contributed by atoms with Gasteiger partial charge >= 0.3 is 6.03 Å². The van der Waals surface area contributed by atoms with Crippen molar-refractivity contribution in [2.24, 2.45) is 11.7 Å². The van der Waals surface area contributed by atoms with Gasteiger partial charge in [-0.25, -0.2) is 9.78 Å². The van der Waals surface area contributed by atoms with Gasteiger partial charge in [-0.1, -0.05) is 6.92 Å². The Labute approximate surface area is 135 Å². The maximum Gasteiger partial charge on any atom is 0.317 e. The first-order valence-corrected chi connectivity index (χ1v) is 8.64. The predicted molar refractivity (Wildman–Crippen MR) is 86.7 cm³/mol. The van der Waals surface area contributed by atoms with E-state index in [4.69, 9.17) is 5.73 Å². The minimum atomic E-state index is -0.289. The van der Waals surface area contributed by atoms with Crippen molar-refractivity contribution < 1.29 is 9.59 Å². The quantitative estimate of drug-likeness (QED) is 0.832. The zero-order valence-electron chi connectivity index (χ0n) is 13.0. The van der Waals surface area contributed by atoms with Crippen LogP contribution in [0.4, 0.5) is 4.79 Å². The molecule has 0 bridgehead atoms. The molecule has 1 aliphatic rings. The number of amides is 3. The third-order valence-electron chi connectivity index (χ3n) is 3.86. The van der Waals surface area contributed by atoms with E-state index in [0.717, 1.165) is 37.2 Å². The van der Waals surface area contributed by atoms with Crippen LogP contribution in [0.2, 0.25) is 0 Å². The molecule has 122 valence electrons. The van der Waals surface area contributed by atoms with E-state index < -0.39 is 0 Å². The topological polar surface area (TPSA) is 88.3 Å². The number of likely N-dealkylation sites (tertiary alicyclic amines) is 1. The Morgan fingerprint density at radius 3 is 3.05 bits per heavy atom. The summed E-state index contributed by atoms with van der Waals surface area (Å²) < 4.78 is 0. The van der Waals surface area contributed by atoms with Gasteiger partial charge in [-0.15, -0.1) is 11.3 Å². The highest BCUT2D eigenvalue weighted by molar-refractivity contribution is 7.11. The number of carbonyl (C=O) groups excluding carboxylic acids is 2. The Hall–Kier alpha value is -1.63. The Balaban J connectivity index is 1.73. The van der Waals surface area contributed by atoms with E-state index in [-0.39, 0.29) is 17.9 Å². The molecule has 0 aromatic carbocycles. The van der Waals surface area contributed by atoms with Crippen molar-refractivity contribution in [1.82, 2.24) is 15.2 Å². The first-order valence-electron chi connectivity index (χ1n) is 7.83. The van der Waals surface area contributed by atoms with Gasteiger partial charge in [-0.2, -0.15) is 0 Å². The number of urea groups is 1. The number of rotatable bonds is 6. The van der Waals surface area contributed by atoms with Crippen molar-refractivity contribution in [2.45, 2.75) is 39.0 Å². The third-order valence-corrected chi connectivity index (χ3v) is 5.06. The minimum Gasteiger partial charge on any atom is -0.370 e. The molecule has 0 saturated carbocycles. The van der Waals surface area contributed by atoms with Crippen LogP contribution in [-0.4, -0.2) is 41.5 Å². The van der Waals surface area contributed by atoms with E-state index in [1.807, 2.05) is 6.20 Å². The number of thiazole rings is 1. The normalized spacial score (nSPS) is 18.2. The van der Waals surface area contributed by atoms with Crippen LogP contribution in [0, 0.1) is 5.92 Å². The van der Waals surface area contributed by atoms with Crippen molar-refractivity contribution in [3.63, 3.8) is 0 Å². The van der Waals surface area contributed by atoms with Crippen LogP contribution >= 0.6 is 11.3 Å². The Morgan fingerprint density at radius 1 is 1.55 bits per heavy atom. The molecule has 2 rings (SSSR count). The van der Waals surface area contributed by atoms with E-state index in [2.05, 4.69) is 17.2 Å². The molecule has 0 spiro atoms. The van der Waals surface area contributed by atoms with Crippen molar-refractivity contribution in [2.75, 3.05) is 19.6 Å². The number of piperidine rings is 1. The van der Waals surface area contributed by atoms with E-state index >= 15 is 0 Å². The summed E-state index contributed by atoms with van der Waals surface area (Å²) in [5.74, 6) is -0.0918. The predicted octanol–water partition coefficient (Wildman–Crippen LogP) is 1.54. The maximum atomic E-state index is 12.2. The lowest BCUT2D eigenvalue weighted by atomic mass is 9.95. The smallest absolute Gasteiger partial charge is 0.317 e. The summed E-state index contributed by atoms with van der Waals surface area (Å²) in [5.41, 5.74) is 5.24. The summed E-state index contributed by atoms with van der Waals surface area (Å²) >= 11 is 1.70. The van der Waals surface area contributed by atoms with Gasteiger partial charge in [0, 0.05) is 43.5 Å². The molecular weight excluding hydrogens is 300 g/mol. The SMILES string of the molecule is CCc1cnc(CCNC(=O)N2CCC[C@@H](CC(N)=O)C2)s1. The highest BCUT2D eigenvalue weighted by Gasteiger charge is 2.24. The molecule has 6 nitrogen and oxygen atoms in total. The number of nitrogens with one attached hydrogen (secondary N) is 1. The van der Waals surface area contributed by atoms with E-state index in [9.17, 15) is 9.59 Å². The van der Waals surface area contributed by atoms with Gasteiger partial charge < -0.3 is 16.0 Å². The molecule has 22 heavy (non-hydrogen) atoms. The number of aromatic nitrogens is 1. The van der Waals surface area contributed by atoms with Crippen LogP contribution in [0.5, 0.6) is 0 Å². The molecule has 1 atom stereocenters. The number of hydrogen-bond acceptors (Lipinski definition) is 4. The van der Waals surface area contributed by atoms with Gasteiger partial charge in [0.2, 0.25) is 5.91 Å². The fourth-order valence-electron chi connectivity index (χ4n) is 2.72. The van der Waals surface area contributed by atoms with Crippen molar-refractivity contribution >= 4 is 23.3 Å². The second-order valence-corrected chi connectivity index (χ2v) is 6.88. The fraction of sp³-hybridized carbons (Fsp3) is 0.667. The second kappa shape index (κ2) is 8.12. The molecule has 3 amide bonds. The van der Waals surface area contributed by atoms with E-state index in [0.29, 0.717) is 19.5 Å². The van der Waals surface area contributed by atoms with Gasteiger partial charge in [0.1, 0.15) is 0 Å². The highest BCUT2D eigenvalue weighted by Crippen LogP contribution is 2.19. The first kappa shape index (κ1) is 16.7. The third kappa shape index (κ3) is 4.98. The summed E-state index contributed by atoms with van der Waals surface area (Å²) in [6.07, 6.45) is 5.92. The number of aryl methyl sites for hydroxylation is 1. The van der Waals surface area contributed by atoms with Crippen molar-refractivity contribution in [3.05, 3.63) is 16.1 Å². The standard InChI is InChI=1S/C15H24N4O2S/c1-2-12-9-18-14(22-12)5-6-17-15(21)19-7-3-4-11(10-19)8-13(16)20/h9,11H,2-8,10H2,1H3,(H2,16,20)(H,17,21)/t11-/m0/s1. The van der Waals surface area contributed by atoms with E-state index in [1.165, 1.54) is 4.88 Å². The van der Waals surface area contributed by atoms with Gasteiger partial charge in [0.25, 0.3) is 0 Å². The van der Waals surface area contributed by atoms with Crippen LogP contribution in [0.1, 0.15) is 36.1 Å². The number of nitrogens with zero attached hydrogens (tertiary/aromatic N) is 2. The summed E-state index contributed by atoms with van der Waals surface area (Å²) in [6.45, 7) is 4.06. The lowest BCUT2D eigenvalue weighted by molar-refractivity contribution is -0.119. The molecule has 1 aromatic heterocycles. The van der Waals surface area contributed by atoms with Gasteiger partial charge in [-0.3, -0.25) is 4.79 Å². The van der Waals surface area contributed by atoms with Crippen LogP contribution in [0.3, 0.4) is 0 Å². The molecule has 1 saturated heterocycles. The molecule has 1 aliphatic heterocycles. The summed E-state index contributed by atoms with van der Waals surface area (Å²) in [6, 6.07) is -0.0542. The second-order valence-electron chi connectivity index (χ2n) is 5.68. The monoisotopic (exact) mass is 324 g/mol. The number of nitrogens with two attached hydrogens (primary N) is 1. The Bertz CT molecular complexity index is 517. The maximum absolute atomic E-state index is 12.2. The molecule has 7 heteroatoms. The Kier molecular flexibility index (Phi) is 6.18. The van der Waals surface area contributed by atoms with Crippen molar-refractivity contribution in [1.29, 1.82) is 0 Å². The minimum absolute atomic E-state index is 0.0542. The van der Waals surface area contributed by atoms with Gasteiger partial charge in [-0.05, 0) is 25.2 Å². The molecule has 3 N–H and O–H groups in total. The molecule has 2 heterocycles. The number of hydrogen-bond donors (Lipinski definition) is 2. The summed E-state index contributed by atoms with van der Waals surface area (Å²) in [5, 5.41) is 4.00. The molecule has 1 aromatic rings. The average Bonchev–Trinajstić information content (AvgIpc) is 2.94. The van der Waals surface area contributed by atoms with Crippen molar-refractivity contribution in [3.8, 4) is 0 Å². The zero-order valence-corrected chi connectivity index (χ0v) is 13.8. The molecular formula is C15H24N4O2S. The number of carbonyl (C=O) groups is 2. The van der Waals surface area contributed by atoms with Crippen LogP contribution in [0.25, 0.3) is 0 Å².